The summed E-state index contributed by atoms with van der Waals surface area (Å²) in [5.74, 6) is 2.35. The van der Waals surface area contributed by atoms with E-state index in [0.29, 0.717) is 0 Å². The molecule has 0 bridgehead atoms. The van der Waals surface area contributed by atoms with Gasteiger partial charge in [-0.3, -0.25) is 0 Å². The summed E-state index contributed by atoms with van der Waals surface area (Å²) < 4.78 is 21.4. The van der Waals surface area contributed by atoms with Gasteiger partial charge in [-0.05, 0) is 43.4 Å². The Morgan fingerprint density at radius 3 is 2.11 bits per heavy atom. The SMILES string of the molecule is COCCCOCCCSCCC[Si](C)(OC)OC. The molecule has 0 saturated carbocycles. The standard InChI is InChI=1S/C13H30O4SSi/c1-14-8-5-9-17-10-6-11-18-12-7-13-19(4,15-2)16-3/h5-13H2,1-4H3. The third kappa shape index (κ3) is 11.9. The minimum Gasteiger partial charge on any atom is -0.398 e. The summed E-state index contributed by atoms with van der Waals surface area (Å²) >= 11 is 1.99. The molecule has 0 aromatic heterocycles. The molecule has 0 aromatic rings. The van der Waals surface area contributed by atoms with Crippen LogP contribution in [-0.4, -0.2) is 61.2 Å². The maximum Gasteiger partial charge on any atom is 0.334 e. The van der Waals surface area contributed by atoms with Gasteiger partial charge in [0.15, 0.2) is 0 Å². The van der Waals surface area contributed by atoms with Gasteiger partial charge < -0.3 is 18.3 Å². The smallest absolute Gasteiger partial charge is 0.334 e. The number of hydrogen-bond donors (Lipinski definition) is 0. The first-order valence-electron chi connectivity index (χ1n) is 6.93. The summed E-state index contributed by atoms with van der Waals surface area (Å²) in [6.07, 6.45) is 3.28. The molecule has 0 amide bonds. The van der Waals surface area contributed by atoms with Crippen LogP contribution in [0.4, 0.5) is 0 Å². The van der Waals surface area contributed by atoms with Crippen molar-refractivity contribution in [2.75, 3.05) is 52.7 Å². The number of thioether (sulfide) groups is 1. The molecule has 0 heterocycles. The molecule has 0 aliphatic rings. The van der Waals surface area contributed by atoms with E-state index in [-0.39, 0.29) is 0 Å². The lowest BCUT2D eigenvalue weighted by Crippen LogP contribution is -2.35. The van der Waals surface area contributed by atoms with Gasteiger partial charge in [-0.1, -0.05) is 0 Å². The van der Waals surface area contributed by atoms with E-state index >= 15 is 0 Å². The van der Waals surface area contributed by atoms with Crippen LogP contribution in [0.25, 0.3) is 0 Å². The lowest BCUT2D eigenvalue weighted by Gasteiger charge is -2.22. The Morgan fingerprint density at radius 2 is 1.47 bits per heavy atom. The average Bonchev–Trinajstić information content (AvgIpc) is 2.44. The summed E-state index contributed by atoms with van der Waals surface area (Å²) in [6.45, 7) is 4.57. The van der Waals surface area contributed by atoms with Crippen LogP contribution < -0.4 is 0 Å². The molecular weight excluding hydrogens is 280 g/mol. The summed E-state index contributed by atoms with van der Waals surface area (Å²) in [5, 5.41) is 0. The van der Waals surface area contributed by atoms with Gasteiger partial charge in [-0.2, -0.15) is 11.8 Å². The average molecular weight is 311 g/mol. The van der Waals surface area contributed by atoms with Gasteiger partial charge in [0.25, 0.3) is 0 Å². The highest BCUT2D eigenvalue weighted by molar-refractivity contribution is 7.99. The summed E-state index contributed by atoms with van der Waals surface area (Å²) in [5.41, 5.74) is 0. The third-order valence-corrected chi connectivity index (χ3v) is 7.14. The van der Waals surface area contributed by atoms with Gasteiger partial charge in [0.05, 0.1) is 0 Å². The van der Waals surface area contributed by atoms with E-state index in [0.717, 1.165) is 38.7 Å². The highest BCUT2D eigenvalue weighted by atomic mass is 32.2. The van der Waals surface area contributed by atoms with Gasteiger partial charge in [-0.15, -0.1) is 0 Å². The monoisotopic (exact) mass is 310 g/mol. The van der Waals surface area contributed by atoms with Crippen molar-refractivity contribution in [3.8, 4) is 0 Å². The van der Waals surface area contributed by atoms with Gasteiger partial charge in [-0.25, -0.2) is 0 Å². The van der Waals surface area contributed by atoms with Crippen LogP contribution in [0.15, 0.2) is 0 Å². The fourth-order valence-electron chi connectivity index (χ4n) is 1.56. The molecule has 4 nitrogen and oxygen atoms in total. The molecule has 6 heteroatoms. The van der Waals surface area contributed by atoms with Crippen molar-refractivity contribution in [2.45, 2.75) is 31.9 Å². The molecule has 0 spiro atoms. The third-order valence-electron chi connectivity index (χ3n) is 3.00. The predicted octanol–water partition coefficient (Wildman–Crippen LogP) is 2.92. The Labute approximate surface area is 123 Å². The Kier molecular flexibility index (Phi) is 13.7. The maximum atomic E-state index is 5.50. The second kappa shape index (κ2) is 13.4. The fraction of sp³-hybridized carbons (Fsp3) is 1.00. The van der Waals surface area contributed by atoms with Gasteiger partial charge in [0, 0.05) is 41.2 Å². The number of hydrogen-bond acceptors (Lipinski definition) is 5. The summed E-state index contributed by atoms with van der Waals surface area (Å²) in [4.78, 5) is 0. The van der Waals surface area contributed by atoms with Crippen molar-refractivity contribution in [1.29, 1.82) is 0 Å². The second-order valence-corrected chi connectivity index (χ2v) is 9.38. The lowest BCUT2D eigenvalue weighted by molar-refractivity contribution is 0.104. The second-order valence-electron chi connectivity index (χ2n) is 4.57. The van der Waals surface area contributed by atoms with E-state index < -0.39 is 8.56 Å². The molecule has 0 aliphatic carbocycles. The van der Waals surface area contributed by atoms with Crippen molar-refractivity contribution < 1.29 is 18.3 Å². The minimum absolute atomic E-state index is 0.788. The lowest BCUT2D eigenvalue weighted by atomic mass is 10.5. The van der Waals surface area contributed by atoms with E-state index in [2.05, 4.69) is 6.55 Å². The van der Waals surface area contributed by atoms with Crippen molar-refractivity contribution in [3.63, 3.8) is 0 Å². The molecule has 0 unspecified atom stereocenters. The fourth-order valence-corrected chi connectivity index (χ4v) is 4.08. The molecule has 0 radical (unpaired) electrons. The molecule has 0 rings (SSSR count). The predicted molar refractivity (Wildman–Crippen MR) is 84.3 cm³/mol. The largest absolute Gasteiger partial charge is 0.398 e. The number of rotatable bonds is 14. The van der Waals surface area contributed by atoms with Crippen LogP contribution in [0.1, 0.15) is 19.3 Å². The van der Waals surface area contributed by atoms with Crippen LogP contribution in [0.5, 0.6) is 0 Å². The van der Waals surface area contributed by atoms with E-state index in [1.807, 2.05) is 11.8 Å². The van der Waals surface area contributed by atoms with Gasteiger partial charge in [0.1, 0.15) is 0 Å². The number of ether oxygens (including phenoxy) is 2. The molecule has 19 heavy (non-hydrogen) atoms. The first kappa shape index (κ1) is 19.4. The zero-order valence-electron chi connectivity index (χ0n) is 12.9. The summed E-state index contributed by atoms with van der Waals surface area (Å²) in [7, 11) is 3.39. The highest BCUT2D eigenvalue weighted by Gasteiger charge is 2.27. The highest BCUT2D eigenvalue weighted by Crippen LogP contribution is 2.16. The normalized spacial score (nSPS) is 12.0. The molecular formula is C13H30O4SSi. The van der Waals surface area contributed by atoms with Crippen molar-refractivity contribution in [1.82, 2.24) is 0 Å². The molecule has 0 atom stereocenters. The molecule has 0 aliphatic heterocycles. The zero-order chi connectivity index (χ0) is 14.4. The molecule has 0 saturated heterocycles. The van der Waals surface area contributed by atoms with Gasteiger partial charge in [0.2, 0.25) is 0 Å². The van der Waals surface area contributed by atoms with E-state index in [9.17, 15) is 0 Å². The van der Waals surface area contributed by atoms with Crippen molar-refractivity contribution in [3.05, 3.63) is 0 Å². The molecule has 0 N–H and O–H groups in total. The van der Waals surface area contributed by atoms with E-state index in [4.69, 9.17) is 18.3 Å². The molecule has 0 fully saturated rings. The summed E-state index contributed by atoms with van der Waals surface area (Å²) in [6, 6.07) is 1.07. The first-order valence-corrected chi connectivity index (χ1v) is 10.6. The Bertz CT molecular complexity index is 191. The topological polar surface area (TPSA) is 36.9 Å². The molecule has 0 aromatic carbocycles. The van der Waals surface area contributed by atoms with Crippen LogP contribution in [0.2, 0.25) is 12.6 Å². The van der Waals surface area contributed by atoms with Gasteiger partial charge >= 0.3 is 8.56 Å². The first-order chi connectivity index (χ1) is 9.18. The molecule has 116 valence electrons. The number of methoxy groups -OCH3 is 1. The maximum absolute atomic E-state index is 5.50. The van der Waals surface area contributed by atoms with Crippen LogP contribution in [-0.2, 0) is 18.3 Å². The van der Waals surface area contributed by atoms with Crippen LogP contribution >= 0.6 is 11.8 Å². The van der Waals surface area contributed by atoms with E-state index in [1.54, 1.807) is 21.3 Å². The zero-order valence-corrected chi connectivity index (χ0v) is 14.7. The Balaban J connectivity index is 3.19. The quantitative estimate of drug-likeness (QED) is 0.364. The van der Waals surface area contributed by atoms with Crippen LogP contribution in [0, 0.1) is 0 Å². The Hall–Kier alpha value is 0.407. The van der Waals surface area contributed by atoms with Crippen molar-refractivity contribution in [2.24, 2.45) is 0 Å². The minimum atomic E-state index is -1.84. The Morgan fingerprint density at radius 1 is 0.842 bits per heavy atom. The van der Waals surface area contributed by atoms with E-state index in [1.165, 1.54) is 17.9 Å². The van der Waals surface area contributed by atoms with Crippen molar-refractivity contribution >= 4 is 20.3 Å². The van der Waals surface area contributed by atoms with Crippen LogP contribution in [0.3, 0.4) is 0 Å².